The highest BCUT2D eigenvalue weighted by Gasteiger charge is 2.42. The second-order valence-corrected chi connectivity index (χ2v) is 7.36. The van der Waals surface area contributed by atoms with Gasteiger partial charge in [0.25, 0.3) is 5.91 Å². The van der Waals surface area contributed by atoms with Crippen LogP contribution in [0.5, 0.6) is 0 Å². The number of carbonyl (C=O) groups excluding carboxylic acids is 1. The van der Waals surface area contributed by atoms with E-state index < -0.39 is 0 Å². The van der Waals surface area contributed by atoms with E-state index in [1.807, 2.05) is 13.0 Å². The molecule has 7 heteroatoms. The van der Waals surface area contributed by atoms with Crippen LogP contribution in [0, 0.1) is 6.92 Å². The van der Waals surface area contributed by atoms with Crippen LogP contribution in [0.2, 0.25) is 0 Å². The number of ether oxygens (including phenoxy) is 1. The van der Waals surface area contributed by atoms with Crippen LogP contribution in [0.25, 0.3) is 0 Å². The molecule has 1 unspecified atom stereocenters. The van der Waals surface area contributed by atoms with E-state index in [9.17, 15) is 4.79 Å². The Kier molecular flexibility index (Phi) is 4.82. The van der Waals surface area contributed by atoms with Gasteiger partial charge in [0.05, 0.1) is 30.2 Å². The molecule has 0 radical (unpaired) electrons. The Morgan fingerprint density at radius 2 is 2.23 bits per heavy atom. The number of aryl methyl sites for hydroxylation is 1. The number of amides is 1. The summed E-state index contributed by atoms with van der Waals surface area (Å²) in [6, 6.07) is 5.37. The molecule has 0 aromatic carbocycles. The van der Waals surface area contributed by atoms with Gasteiger partial charge < -0.3 is 19.0 Å². The third-order valence-electron chi connectivity index (χ3n) is 5.40. The summed E-state index contributed by atoms with van der Waals surface area (Å²) < 4.78 is 16.8. The maximum Gasteiger partial charge on any atom is 0.287 e. The second-order valence-electron chi connectivity index (χ2n) is 7.36. The van der Waals surface area contributed by atoms with E-state index >= 15 is 0 Å². The maximum absolute atomic E-state index is 12.0. The van der Waals surface area contributed by atoms with Gasteiger partial charge in [-0.25, -0.2) is 0 Å². The van der Waals surface area contributed by atoms with Gasteiger partial charge in [0, 0.05) is 25.7 Å². The molecule has 2 aromatic rings. The lowest BCUT2D eigenvalue weighted by atomic mass is 9.88. The predicted octanol–water partition coefficient (Wildman–Crippen LogP) is 2.52. The number of nitrogens with one attached hydrogen (secondary N) is 1. The molecule has 2 aliphatic heterocycles. The maximum atomic E-state index is 12.0. The zero-order chi connectivity index (χ0) is 18.0. The van der Waals surface area contributed by atoms with Crippen LogP contribution >= 0.6 is 0 Å². The Hall–Kier alpha value is -2.12. The van der Waals surface area contributed by atoms with Crippen molar-refractivity contribution in [1.29, 1.82) is 0 Å². The first-order chi connectivity index (χ1) is 12.6. The Balaban J connectivity index is 1.23. The van der Waals surface area contributed by atoms with Crippen molar-refractivity contribution in [3.8, 4) is 0 Å². The smallest absolute Gasteiger partial charge is 0.287 e. The first-order valence-electron chi connectivity index (χ1n) is 9.26. The monoisotopic (exact) mass is 359 g/mol. The highest BCUT2D eigenvalue weighted by atomic mass is 16.5. The fourth-order valence-electron chi connectivity index (χ4n) is 3.94. The zero-order valence-electron chi connectivity index (χ0n) is 15.1. The predicted molar refractivity (Wildman–Crippen MR) is 93.6 cm³/mol. The van der Waals surface area contributed by atoms with E-state index in [0.717, 1.165) is 56.8 Å². The summed E-state index contributed by atoms with van der Waals surface area (Å²) in [5.41, 5.74) is 0.889. The summed E-state index contributed by atoms with van der Waals surface area (Å²) in [4.78, 5) is 14.4. The van der Waals surface area contributed by atoms with Gasteiger partial charge in [-0.1, -0.05) is 5.16 Å². The van der Waals surface area contributed by atoms with E-state index in [1.165, 1.54) is 6.26 Å². The van der Waals surface area contributed by atoms with E-state index in [4.69, 9.17) is 13.7 Å². The number of nitrogens with zero attached hydrogens (tertiary/aromatic N) is 2. The quantitative estimate of drug-likeness (QED) is 0.883. The van der Waals surface area contributed by atoms with Crippen molar-refractivity contribution in [2.24, 2.45) is 0 Å². The zero-order valence-corrected chi connectivity index (χ0v) is 15.1. The number of piperidine rings is 1. The summed E-state index contributed by atoms with van der Waals surface area (Å²) in [5.74, 6) is 1.08. The average Bonchev–Trinajstić information content (AvgIpc) is 3.38. The molecule has 1 atom stereocenters. The number of rotatable bonds is 5. The van der Waals surface area contributed by atoms with Crippen LogP contribution in [0.4, 0.5) is 0 Å². The Labute approximate surface area is 152 Å². The number of furan rings is 1. The van der Waals surface area contributed by atoms with E-state index in [1.54, 1.807) is 12.1 Å². The van der Waals surface area contributed by atoms with E-state index in [2.05, 4.69) is 15.4 Å². The lowest BCUT2D eigenvalue weighted by Gasteiger charge is -2.38. The molecule has 2 saturated heterocycles. The van der Waals surface area contributed by atoms with E-state index in [-0.39, 0.29) is 17.6 Å². The minimum Gasteiger partial charge on any atom is -0.459 e. The van der Waals surface area contributed by atoms with Crippen molar-refractivity contribution in [3.05, 3.63) is 41.7 Å². The molecule has 4 rings (SSSR count). The molecule has 26 heavy (non-hydrogen) atoms. The van der Waals surface area contributed by atoms with Gasteiger partial charge in [-0.3, -0.25) is 9.69 Å². The third kappa shape index (κ3) is 3.83. The molecule has 1 amide bonds. The van der Waals surface area contributed by atoms with Crippen molar-refractivity contribution in [3.63, 3.8) is 0 Å². The average molecular weight is 359 g/mol. The van der Waals surface area contributed by atoms with Crippen LogP contribution < -0.4 is 5.32 Å². The number of aromatic nitrogens is 1. The van der Waals surface area contributed by atoms with Crippen LogP contribution in [-0.2, 0) is 11.3 Å². The molecule has 2 fully saturated rings. The summed E-state index contributed by atoms with van der Waals surface area (Å²) in [7, 11) is 0. The highest BCUT2D eigenvalue weighted by molar-refractivity contribution is 5.91. The minimum atomic E-state index is -0.184. The van der Waals surface area contributed by atoms with Gasteiger partial charge in [-0.2, -0.15) is 0 Å². The lowest BCUT2D eigenvalue weighted by Crippen LogP contribution is -2.44. The SMILES string of the molecule is Cc1cc(CN2CCC3(CCC(CNC(=O)c4ccco4)O3)CC2)on1. The Bertz CT molecular complexity index is 732. The number of likely N-dealkylation sites (tertiary alicyclic amines) is 1. The van der Waals surface area contributed by atoms with Gasteiger partial charge in [-0.15, -0.1) is 0 Å². The first kappa shape index (κ1) is 17.3. The van der Waals surface area contributed by atoms with Gasteiger partial charge in [-0.05, 0) is 44.7 Å². The molecule has 2 aliphatic rings. The highest BCUT2D eigenvalue weighted by Crippen LogP contribution is 2.39. The van der Waals surface area contributed by atoms with Crippen molar-refractivity contribution in [1.82, 2.24) is 15.4 Å². The second kappa shape index (κ2) is 7.25. The fraction of sp³-hybridized carbons (Fsp3) is 0.579. The molecule has 140 valence electrons. The molecule has 1 spiro atoms. The van der Waals surface area contributed by atoms with Crippen LogP contribution in [0.15, 0.2) is 33.4 Å². The molecule has 0 bridgehead atoms. The van der Waals surface area contributed by atoms with Gasteiger partial charge in [0.2, 0.25) is 0 Å². The number of hydrogen-bond donors (Lipinski definition) is 1. The summed E-state index contributed by atoms with van der Waals surface area (Å²) >= 11 is 0. The standard InChI is InChI=1S/C19H25N3O4/c1-14-11-16(26-21-14)13-22-8-6-19(7-9-22)5-4-15(25-19)12-20-18(23)17-3-2-10-24-17/h2-3,10-11,15H,4-9,12-13H2,1H3,(H,20,23). The van der Waals surface area contributed by atoms with Gasteiger partial charge in [0.1, 0.15) is 0 Å². The Morgan fingerprint density at radius 1 is 1.38 bits per heavy atom. The lowest BCUT2D eigenvalue weighted by molar-refractivity contribution is -0.0771. The van der Waals surface area contributed by atoms with Crippen LogP contribution in [0.3, 0.4) is 0 Å². The Morgan fingerprint density at radius 3 is 2.92 bits per heavy atom. The fourth-order valence-corrected chi connectivity index (χ4v) is 3.94. The van der Waals surface area contributed by atoms with E-state index in [0.29, 0.717) is 12.3 Å². The third-order valence-corrected chi connectivity index (χ3v) is 5.40. The molecule has 1 N–H and O–H groups in total. The molecular formula is C19H25N3O4. The van der Waals surface area contributed by atoms with Gasteiger partial charge >= 0.3 is 0 Å². The number of hydrogen-bond acceptors (Lipinski definition) is 6. The summed E-state index contributed by atoms with van der Waals surface area (Å²) in [6.07, 6.45) is 5.66. The molecule has 7 nitrogen and oxygen atoms in total. The van der Waals surface area contributed by atoms with Crippen molar-refractivity contribution < 1.29 is 18.5 Å². The molecule has 4 heterocycles. The van der Waals surface area contributed by atoms with Crippen molar-refractivity contribution in [2.75, 3.05) is 19.6 Å². The normalized spacial score (nSPS) is 22.7. The summed E-state index contributed by atoms with van der Waals surface area (Å²) in [5, 5.41) is 6.85. The van der Waals surface area contributed by atoms with Crippen LogP contribution in [-0.4, -0.2) is 47.3 Å². The molecular weight excluding hydrogens is 334 g/mol. The summed E-state index contributed by atoms with van der Waals surface area (Å²) in [6.45, 7) is 5.26. The molecule has 0 saturated carbocycles. The van der Waals surface area contributed by atoms with Crippen molar-refractivity contribution in [2.45, 2.75) is 50.9 Å². The van der Waals surface area contributed by atoms with Gasteiger partial charge in [0.15, 0.2) is 11.5 Å². The van der Waals surface area contributed by atoms with Crippen molar-refractivity contribution >= 4 is 5.91 Å². The topological polar surface area (TPSA) is 80.7 Å². The molecule has 2 aromatic heterocycles. The largest absolute Gasteiger partial charge is 0.459 e. The molecule has 0 aliphatic carbocycles. The number of carbonyl (C=O) groups is 1. The first-order valence-corrected chi connectivity index (χ1v) is 9.26. The minimum absolute atomic E-state index is 0.0338. The van der Waals surface area contributed by atoms with Crippen LogP contribution in [0.1, 0.15) is 47.7 Å².